The SMILES string of the molecule is CC(C)NC[C@@H](C(=O)N1C2CCC1CN(c1ncnc3c1[C@@H]1C[C@@H]1C(=O)N3)C2)c1ccc(Cl)cc1. The maximum Gasteiger partial charge on any atom is 0.232 e. The molecule has 1 aromatic heterocycles. The summed E-state index contributed by atoms with van der Waals surface area (Å²) in [5.41, 5.74) is 2.08. The molecule has 5 atom stereocenters. The van der Waals surface area contributed by atoms with Gasteiger partial charge in [-0.05, 0) is 37.0 Å². The molecule has 8 nitrogen and oxygen atoms in total. The van der Waals surface area contributed by atoms with Gasteiger partial charge in [-0.2, -0.15) is 0 Å². The standard InChI is InChI=1S/C26H31ClN6O2/c1-14(2)28-10-21(15-3-5-16(27)6-4-15)26(35)33-17-7-8-18(33)12-32(11-17)24-22-19-9-20(19)25(34)31-23(22)29-13-30-24/h3-6,13-14,17-21,28H,7-12H2,1-2H3,(H,29,30,31,34)/t17?,18?,19-,20+,21-/m1/s1. The van der Waals surface area contributed by atoms with Crippen LogP contribution < -0.4 is 15.5 Å². The quantitative estimate of drug-likeness (QED) is 0.641. The lowest BCUT2D eigenvalue weighted by Crippen LogP contribution is -2.58. The molecule has 2 aromatic rings. The van der Waals surface area contributed by atoms with Crippen LogP contribution in [0.15, 0.2) is 30.6 Å². The number of amides is 2. The van der Waals surface area contributed by atoms with Gasteiger partial charge < -0.3 is 20.4 Å². The van der Waals surface area contributed by atoms with Crippen molar-refractivity contribution in [3.8, 4) is 0 Å². The van der Waals surface area contributed by atoms with Crippen LogP contribution >= 0.6 is 11.6 Å². The summed E-state index contributed by atoms with van der Waals surface area (Å²) in [4.78, 5) is 39.6. The number of fused-ring (bicyclic) bond motifs is 5. The number of nitrogens with zero attached hydrogens (tertiary/aromatic N) is 4. The molecule has 1 aliphatic carbocycles. The Morgan fingerprint density at radius 2 is 1.86 bits per heavy atom. The van der Waals surface area contributed by atoms with Gasteiger partial charge >= 0.3 is 0 Å². The monoisotopic (exact) mass is 494 g/mol. The van der Waals surface area contributed by atoms with E-state index in [0.29, 0.717) is 23.4 Å². The highest BCUT2D eigenvalue weighted by atomic mass is 35.5. The fourth-order valence-electron chi connectivity index (χ4n) is 6.10. The third-order valence-electron chi connectivity index (χ3n) is 7.94. The molecule has 2 saturated heterocycles. The van der Waals surface area contributed by atoms with Crippen molar-refractivity contribution >= 4 is 35.1 Å². The van der Waals surface area contributed by atoms with E-state index in [4.69, 9.17) is 11.6 Å². The van der Waals surface area contributed by atoms with Crippen LogP contribution in [0.1, 0.15) is 56.1 Å². The first-order chi connectivity index (χ1) is 16.9. The Kier molecular flexibility index (Phi) is 5.68. The van der Waals surface area contributed by atoms with Crippen molar-refractivity contribution in [1.82, 2.24) is 20.2 Å². The first kappa shape index (κ1) is 22.7. The molecule has 0 spiro atoms. The van der Waals surface area contributed by atoms with E-state index in [1.54, 1.807) is 6.33 Å². The molecule has 3 fully saturated rings. The van der Waals surface area contributed by atoms with Gasteiger partial charge in [-0.3, -0.25) is 9.59 Å². The van der Waals surface area contributed by atoms with Crippen LogP contribution in [0.25, 0.3) is 0 Å². The molecule has 6 rings (SSSR count). The van der Waals surface area contributed by atoms with Crippen molar-refractivity contribution in [3.63, 3.8) is 0 Å². The normalized spacial score (nSPS) is 27.4. The Balaban J connectivity index is 1.24. The lowest BCUT2D eigenvalue weighted by Gasteiger charge is -2.43. The van der Waals surface area contributed by atoms with Gasteiger partial charge in [0.25, 0.3) is 0 Å². The predicted molar refractivity (Wildman–Crippen MR) is 135 cm³/mol. The predicted octanol–water partition coefficient (Wildman–Crippen LogP) is 3.15. The van der Waals surface area contributed by atoms with Crippen molar-refractivity contribution in [1.29, 1.82) is 0 Å². The van der Waals surface area contributed by atoms with Crippen molar-refractivity contribution in [3.05, 3.63) is 46.7 Å². The summed E-state index contributed by atoms with van der Waals surface area (Å²) < 4.78 is 0. The topological polar surface area (TPSA) is 90.5 Å². The van der Waals surface area contributed by atoms with Crippen molar-refractivity contribution < 1.29 is 9.59 Å². The Bertz CT molecular complexity index is 1140. The first-order valence-electron chi connectivity index (χ1n) is 12.6. The Labute approximate surface area is 210 Å². The lowest BCUT2D eigenvalue weighted by atomic mass is 9.95. The summed E-state index contributed by atoms with van der Waals surface area (Å²) in [6.45, 7) is 6.30. The molecule has 0 radical (unpaired) electrons. The average Bonchev–Trinajstić information content (AvgIpc) is 3.60. The van der Waals surface area contributed by atoms with Crippen molar-refractivity contribution in [2.45, 2.75) is 63.1 Å². The summed E-state index contributed by atoms with van der Waals surface area (Å²) in [5, 5.41) is 7.10. The maximum atomic E-state index is 14.0. The molecule has 4 aliphatic rings. The molecular formula is C26H31ClN6O2. The van der Waals surface area contributed by atoms with Gasteiger partial charge in [-0.25, -0.2) is 9.97 Å². The van der Waals surface area contributed by atoms with E-state index in [-0.39, 0.29) is 41.7 Å². The number of hydrogen-bond donors (Lipinski definition) is 2. The third-order valence-corrected chi connectivity index (χ3v) is 8.19. The van der Waals surface area contributed by atoms with Crippen LogP contribution in [0.4, 0.5) is 11.6 Å². The van der Waals surface area contributed by atoms with E-state index < -0.39 is 0 Å². The van der Waals surface area contributed by atoms with Gasteiger partial charge in [0.1, 0.15) is 18.0 Å². The first-order valence-corrected chi connectivity index (χ1v) is 13.0. The molecule has 2 unspecified atom stereocenters. The fourth-order valence-corrected chi connectivity index (χ4v) is 6.23. The largest absolute Gasteiger partial charge is 0.352 e. The van der Waals surface area contributed by atoms with Crippen LogP contribution in [-0.4, -0.2) is 64.4 Å². The summed E-state index contributed by atoms with van der Waals surface area (Å²) in [6, 6.07) is 8.25. The fraction of sp³-hybridized carbons (Fsp3) is 0.538. The number of anilines is 2. The van der Waals surface area contributed by atoms with E-state index in [1.807, 2.05) is 24.3 Å². The van der Waals surface area contributed by atoms with Crippen molar-refractivity contribution in [2.24, 2.45) is 5.92 Å². The van der Waals surface area contributed by atoms with Crippen LogP contribution in [0.3, 0.4) is 0 Å². The number of nitrogens with one attached hydrogen (secondary N) is 2. The number of carbonyl (C=O) groups is 2. The Hall–Kier alpha value is -2.71. The van der Waals surface area contributed by atoms with E-state index in [0.717, 1.165) is 49.3 Å². The minimum absolute atomic E-state index is 0.0560. The van der Waals surface area contributed by atoms with Crippen LogP contribution in [-0.2, 0) is 9.59 Å². The molecular weight excluding hydrogens is 464 g/mol. The summed E-state index contributed by atoms with van der Waals surface area (Å²) >= 11 is 6.12. The van der Waals surface area contributed by atoms with E-state index in [2.05, 4.69) is 44.2 Å². The number of piperazine rings is 1. The summed E-state index contributed by atoms with van der Waals surface area (Å²) in [6.07, 6.45) is 4.41. The van der Waals surface area contributed by atoms with Gasteiger partial charge in [0.2, 0.25) is 11.8 Å². The Morgan fingerprint density at radius 3 is 2.54 bits per heavy atom. The molecule has 9 heteroatoms. The van der Waals surface area contributed by atoms with Gasteiger partial charge in [0.05, 0.1) is 5.92 Å². The second kappa shape index (κ2) is 8.75. The number of hydrogen-bond acceptors (Lipinski definition) is 6. The van der Waals surface area contributed by atoms with Crippen LogP contribution in [0.2, 0.25) is 5.02 Å². The molecule has 4 heterocycles. The van der Waals surface area contributed by atoms with Gasteiger partial charge in [-0.15, -0.1) is 0 Å². The van der Waals surface area contributed by atoms with Gasteiger partial charge in [0.15, 0.2) is 0 Å². The highest BCUT2D eigenvalue weighted by Gasteiger charge is 2.52. The van der Waals surface area contributed by atoms with Crippen LogP contribution in [0.5, 0.6) is 0 Å². The van der Waals surface area contributed by atoms with E-state index >= 15 is 0 Å². The molecule has 35 heavy (non-hydrogen) atoms. The zero-order valence-electron chi connectivity index (χ0n) is 20.1. The van der Waals surface area contributed by atoms with Gasteiger partial charge in [0, 0.05) is 60.2 Å². The molecule has 1 aromatic carbocycles. The highest BCUT2D eigenvalue weighted by molar-refractivity contribution is 6.30. The third kappa shape index (κ3) is 4.06. The molecule has 2 amide bonds. The van der Waals surface area contributed by atoms with E-state index in [9.17, 15) is 9.59 Å². The number of halogens is 1. The number of rotatable bonds is 6. The van der Waals surface area contributed by atoms with Crippen molar-refractivity contribution in [2.75, 3.05) is 29.9 Å². The number of benzene rings is 1. The molecule has 2 bridgehead atoms. The molecule has 1 saturated carbocycles. The van der Waals surface area contributed by atoms with E-state index in [1.165, 1.54) is 0 Å². The Morgan fingerprint density at radius 1 is 1.14 bits per heavy atom. The summed E-state index contributed by atoms with van der Waals surface area (Å²) in [7, 11) is 0. The second-order valence-corrected chi connectivity index (χ2v) is 11.0. The molecule has 3 aliphatic heterocycles. The number of carbonyl (C=O) groups excluding carboxylic acids is 2. The maximum absolute atomic E-state index is 14.0. The molecule has 2 N–H and O–H groups in total. The second-order valence-electron chi connectivity index (χ2n) is 10.6. The average molecular weight is 495 g/mol. The van der Waals surface area contributed by atoms with Gasteiger partial charge in [-0.1, -0.05) is 37.6 Å². The van der Waals surface area contributed by atoms with Crippen LogP contribution in [0, 0.1) is 5.92 Å². The smallest absolute Gasteiger partial charge is 0.232 e. The minimum atomic E-state index is -0.251. The highest BCUT2D eigenvalue weighted by Crippen LogP contribution is 2.55. The minimum Gasteiger partial charge on any atom is -0.352 e. The number of aromatic nitrogens is 2. The summed E-state index contributed by atoms with van der Waals surface area (Å²) in [5.74, 6) is 1.88. The zero-order chi connectivity index (χ0) is 24.3. The lowest BCUT2D eigenvalue weighted by molar-refractivity contribution is -0.136. The molecule has 184 valence electrons. The zero-order valence-corrected chi connectivity index (χ0v) is 20.8.